The average molecular weight is 395 g/mol. The lowest BCUT2D eigenvalue weighted by Crippen LogP contribution is -2.37. The Hall–Kier alpha value is -2.05. The summed E-state index contributed by atoms with van der Waals surface area (Å²) >= 11 is 5.96. The predicted octanol–water partition coefficient (Wildman–Crippen LogP) is 3.87. The van der Waals surface area contributed by atoms with Gasteiger partial charge in [-0.05, 0) is 42.2 Å². The number of carbonyl (C=O) groups excluding carboxylic acids is 1. The van der Waals surface area contributed by atoms with Crippen molar-refractivity contribution >= 4 is 38.9 Å². The number of hydrogen-bond acceptors (Lipinski definition) is 3. The van der Waals surface area contributed by atoms with Gasteiger partial charge in [-0.25, -0.2) is 8.42 Å². The maximum absolute atomic E-state index is 12.6. The molecule has 0 heterocycles. The molecule has 140 valence electrons. The maximum atomic E-state index is 12.6. The molecular formula is C19H23ClN2O3S. The molecule has 0 aromatic heterocycles. The van der Waals surface area contributed by atoms with E-state index in [4.69, 9.17) is 11.6 Å². The molecule has 0 fully saturated rings. The van der Waals surface area contributed by atoms with Crippen LogP contribution in [0.25, 0.3) is 0 Å². The van der Waals surface area contributed by atoms with Crippen molar-refractivity contribution in [3.63, 3.8) is 0 Å². The van der Waals surface area contributed by atoms with Gasteiger partial charge in [0.25, 0.3) is 0 Å². The van der Waals surface area contributed by atoms with Crippen LogP contribution in [-0.2, 0) is 27.7 Å². The van der Waals surface area contributed by atoms with Crippen LogP contribution < -0.4 is 9.62 Å². The van der Waals surface area contributed by atoms with Gasteiger partial charge in [-0.3, -0.25) is 9.10 Å². The van der Waals surface area contributed by atoms with Crippen molar-refractivity contribution in [1.29, 1.82) is 0 Å². The Morgan fingerprint density at radius 3 is 2.15 bits per heavy atom. The van der Waals surface area contributed by atoms with Gasteiger partial charge in [0.2, 0.25) is 15.9 Å². The Morgan fingerprint density at radius 2 is 1.65 bits per heavy atom. The van der Waals surface area contributed by atoms with Crippen LogP contribution in [0.2, 0.25) is 5.02 Å². The van der Waals surface area contributed by atoms with Gasteiger partial charge in [0.05, 0.1) is 11.9 Å². The van der Waals surface area contributed by atoms with Crippen molar-refractivity contribution in [2.75, 3.05) is 22.4 Å². The number of anilines is 2. The van der Waals surface area contributed by atoms with Crippen LogP contribution in [0.5, 0.6) is 0 Å². The Balaban J connectivity index is 2.30. The molecule has 0 saturated heterocycles. The second-order valence-corrected chi connectivity index (χ2v) is 8.30. The molecular weight excluding hydrogens is 372 g/mol. The molecule has 0 atom stereocenters. The van der Waals surface area contributed by atoms with Gasteiger partial charge in [-0.1, -0.05) is 49.7 Å². The van der Waals surface area contributed by atoms with E-state index in [0.29, 0.717) is 10.7 Å². The van der Waals surface area contributed by atoms with E-state index >= 15 is 0 Å². The third-order valence-electron chi connectivity index (χ3n) is 4.05. The number of nitrogens with one attached hydrogen (secondary N) is 1. The highest BCUT2D eigenvalue weighted by Gasteiger charge is 2.22. The number of carbonyl (C=O) groups is 1. The van der Waals surface area contributed by atoms with Crippen molar-refractivity contribution in [1.82, 2.24) is 0 Å². The smallest absolute Gasteiger partial charge is 0.245 e. The molecule has 0 spiro atoms. The van der Waals surface area contributed by atoms with E-state index in [1.54, 1.807) is 18.2 Å². The molecule has 2 aromatic rings. The third kappa shape index (κ3) is 4.99. The van der Waals surface area contributed by atoms with Crippen molar-refractivity contribution in [3.8, 4) is 0 Å². The molecule has 0 bridgehead atoms. The number of rotatable bonds is 7. The van der Waals surface area contributed by atoms with E-state index in [2.05, 4.69) is 5.32 Å². The van der Waals surface area contributed by atoms with Crippen molar-refractivity contribution in [3.05, 3.63) is 58.6 Å². The maximum Gasteiger partial charge on any atom is 0.245 e. The van der Waals surface area contributed by atoms with Crippen LogP contribution >= 0.6 is 11.6 Å². The summed E-state index contributed by atoms with van der Waals surface area (Å²) in [5.41, 5.74) is 3.16. The van der Waals surface area contributed by atoms with Gasteiger partial charge < -0.3 is 5.32 Å². The van der Waals surface area contributed by atoms with E-state index in [-0.39, 0.29) is 6.54 Å². The first kappa shape index (κ1) is 20.3. The summed E-state index contributed by atoms with van der Waals surface area (Å²) in [6.07, 6.45) is 2.61. The lowest BCUT2D eigenvalue weighted by atomic mass is 10.0. The number of sulfonamides is 1. The minimum Gasteiger partial charge on any atom is -0.324 e. The highest BCUT2D eigenvalue weighted by molar-refractivity contribution is 7.92. The number of para-hydroxylation sites is 1. The minimum atomic E-state index is -3.64. The number of amides is 1. The lowest BCUT2D eigenvalue weighted by Gasteiger charge is -2.23. The van der Waals surface area contributed by atoms with Gasteiger partial charge in [0.1, 0.15) is 6.54 Å². The van der Waals surface area contributed by atoms with E-state index in [0.717, 1.165) is 40.2 Å². The van der Waals surface area contributed by atoms with Crippen LogP contribution in [0.3, 0.4) is 0 Å². The Bertz CT molecular complexity index is 875. The van der Waals surface area contributed by atoms with Crippen LogP contribution in [0, 0.1) is 0 Å². The third-order valence-corrected chi connectivity index (χ3v) is 5.42. The van der Waals surface area contributed by atoms with E-state index in [1.807, 2.05) is 32.0 Å². The molecule has 0 unspecified atom stereocenters. The monoisotopic (exact) mass is 394 g/mol. The molecule has 0 aliphatic heterocycles. The topological polar surface area (TPSA) is 66.5 Å². The van der Waals surface area contributed by atoms with Crippen LogP contribution in [0.4, 0.5) is 11.4 Å². The molecule has 0 aliphatic rings. The Morgan fingerprint density at radius 1 is 1.08 bits per heavy atom. The molecule has 0 radical (unpaired) electrons. The average Bonchev–Trinajstić information content (AvgIpc) is 2.58. The number of benzene rings is 2. The second-order valence-electron chi connectivity index (χ2n) is 5.96. The molecule has 5 nitrogen and oxygen atoms in total. The highest BCUT2D eigenvalue weighted by Crippen LogP contribution is 2.24. The van der Waals surface area contributed by atoms with E-state index in [1.165, 1.54) is 6.07 Å². The summed E-state index contributed by atoms with van der Waals surface area (Å²) < 4.78 is 25.4. The van der Waals surface area contributed by atoms with Crippen molar-refractivity contribution in [2.24, 2.45) is 0 Å². The number of halogens is 1. The summed E-state index contributed by atoms with van der Waals surface area (Å²) in [6, 6.07) is 12.3. The molecule has 0 saturated carbocycles. The van der Waals surface area contributed by atoms with Crippen molar-refractivity contribution in [2.45, 2.75) is 26.7 Å². The standard InChI is InChI=1S/C19H23ClN2O3S/c1-4-14-8-6-9-15(5-2)19(14)21-18(23)13-22(26(3,24)25)17-11-7-10-16(20)12-17/h6-12H,4-5,13H2,1-3H3,(H,21,23). The fourth-order valence-electron chi connectivity index (χ4n) is 2.74. The summed E-state index contributed by atoms with van der Waals surface area (Å²) in [6.45, 7) is 3.71. The zero-order chi connectivity index (χ0) is 19.3. The largest absolute Gasteiger partial charge is 0.324 e. The number of hydrogen-bond donors (Lipinski definition) is 1. The molecule has 0 aliphatic carbocycles. The summed E-state index contributed by atoms with van der Waals surface area (Å²) in [5, 5.41) is 3.29. The zero-order valence-electron chi connectivity index (χ0n) is 15.1. The fourth-order valence-corrected chi connectivity index (χ4v) is 3.78. The van der Waals surface area contributed by atoms with Gasteiger partial charge in [-0.15, -0.1) is 0 Å². The summed E-state index contributed by atoms with van der Waals surface area (Å²) in [5.74, 6) is -0.397. The number of nitrogens with zero attached hydrogens (tertiary/aromatic N) is 1. The van der Waals surface area contributed by atoms with Gasteiger partial charge in [0.15, 0.2) is 0 Å². The summed E-state index contributed by atoms with van der Waals surface area (Å²) in [7, 11) is -3.64. The Kier molecular flexibility index (Phi) is 6.67. The Labute approximate surface area is 160 Å². The first-order chi connectivity index (χ1) is 12.3. The van der Waals surface area contributed by atoms with Gasteiger partial charge >= 0.3 is 0 Å². The molecule has 1 N–H and O–H groups in total. The highest BCUT2D eigenvalue weighted by atomic mass is 35.5. The minimum absolute atomic E-state index is 0.319. The fraction of sp³-hybridized carbons (Fsp3) is 0.316. The normalized spacial score (nSPS) is 11.2. The molecule has 1 amide bonds. The van der Waals surface area contributed by atoms with Crippen molar-refractivity contribution < 1.29 is 13.2 Å². The molecule has 7 heteroatoms. The lowest BCUT2D eigenvalue weighted by molar-refractivity contribution is -0.114. The van der Waals surface area contributed by atoms with Gasteiger partial charge in [-0.2, -0.15) is 0 Å². The SMILES string of the molecule is CCc1cccc(CC)c1NC(=O)CN(c1cccc(Cl)c1)S(C)(=O)=O. The summed E-state index contributed by atoms with van der Waals surface area (Å²) in [4.78, 5) is 12.6. The number of aryl methyl sites for hydroxylation is 2. The molecule has 2 aromatic carbocycles. The quantitative estimate of drug-likeness (QED) is 0.775. The van der Waals surface area contributed by atoms with Crippen LogP contribution in [-0.4, -0.2) is 27.1 Å². The first-order valence-corrected chi connectivity index (χ1v) is 10.6. The van der Waals surface area contributed by atoms with Crippen LogP contribution in [0.1, 0.15) is 25.0 Å². The predicted molar refractivity (Wildman–Crippen MR) is 107 cm³/mol. The van der Waals surface area contributed by atoms with Crippen LogP contribution in [0.15, 0.2) is 42.5 Å². The van der Waals surface area contributed by atoms with E-state index < -0.39 is 15.9 Å². The second kappa shape index (κ2) is 8.56. The van der Waals surface area contributed by atoms with E-state index in [9.17, 15) is 13.2 Å². The van der Waals surface area contributed by atoms with Gasteiger partial charge in [0, 0.05) is 10.7 Å². The molecule has 2 rings (SSSR count). The molecule has 26 heavy (non-hydrogen) atoms. The zero-order valence-corrected chi connectivity index (χ0v) is 16.7. The first-order valence-electron chi connectivity index (χ1n) is 8.40.